The van der Waals surface area contributed by atoms with Crippen molar-refractivity contribution in [3.05, 3.63) is 88.5 Å². The second kappa shape index (κ2) is 11.9. The van der Waals surface area contributed by atoms with Crippen molar-refractivity contribution >= 4 is 5.97 Å². The summed E-state index contributed by atoms with van der Waals surface area (Å²) in [6.07, 6.45) is 2.23. The molecule has 3 aromatic rings. The van der Waals surface area contributed by atoms with E-state index < -0.39 is 18.1 Å². The van der Waals surface area contributed by atoms with Gasteiger partial charge in [0.05, 0.1) is 13.5 Å². The van der Waals surface area contributed by atoms with Gasteiger partial charge in [-0.15, -0.1) is 0 Å². The summed E-state index contributed by atoms with van der Waals surface area (Å²) in [4.78, 5) is 12.0. The third kappa shape index (κ3) is 6.29. The Bertz CT molecular complexity index is 1410. The molecular weight excluding hydrogens is 532 g/mol. The van der Waals surface area contributed by atoms with Crippen LogP contribution < -0.4 is 4.74 Å². The van der Waals surface area contributed by atoms with Crippen LogP contribution in [-0.4, -0.2) is 13.1 Å². The topological polar surface area (TPSA) is 35.5 Å². The van der Waals surface area contributed by atoms with Crippen LogP contribution >= 0.6 is 0 Å². The van der Waals surface area contributed by atoms with E-state index in [0.29, 0.717) is 11.1 Å². The second-order valence-electron chi connectivity index (χ2n) is 12.1. The lowest BCUT2D eigenvalue weighted by atomic mass is 9.75. The number of hydrogen-bond acceptors (Lipinski definition) is 3. The first-order valence-corrected chi connectivity index (χ1v) is 14.3. The van der Waals surface area contributed by atoms with E-state index in [0.717, 1.165) is 55.4 Å². The molecule has 0 saturated heterocycles. The van der Waals surface area contributed by atoms with Crippen molar-refractivity contribution in [3.8, 4) is 16.9 Å². The summed E-state index contributed by atoms with van der Waals surface area (Å²) in [7, 11) is 1.33. The molecule has 2 unspecified atom stereocenters. The third-order valence-electron chi connectivity index (χ3n) is 8.87. The van der Waals surface area contributed by atoms with Crippen LogP contribution in [0.25, 0.3) is 11.1 Å². The second-order valence-corrected chi connectivity index (χ2v) is 12.1. The first-order valence-electron chi connectivity index (χ1n) is 14.3. The molecule has 2 atom stereocenters. The van der Waals surface area contributed by atoms with E-state index in [1.54, 1.807) is 30.3 Å². The van der Waals surface area contributed by atoms with E-state index >= 15 is 8.78 Å². The zero-order valence-electron chi connectivity index (χ0n) is 23.7. The number of methoxy groups -OCH3 is 1. The summed E-state index contributed by atoms with van der Waals surface area (Å²) in [5.74, 6) is -1.22. The molecular formula is C34H36F4O3. The highest BCUT2D eigenvalue weighted by atomic mass is 19.3. The molecule has 2 aliphatic carbocycles. The standard InChI is InChI=1S/C34H36F4O3/c1-34(2)15-5-7-28(34)26-16-20(9-13-23(26)27-17-22(33(37)38)12-14-29(27)35)19-41-30-8-4-6-24(32(30)36)25(21-10-11-21)18-31(39)40-3/h4,6,8-9,12-14,16-17,21,25,28,33H,5,7,10-11,15,18-19H2,1-3H3. The maximum Gasteiger partial charge on any atom is 0.306 e. The number of ether oxygens (including phenoxy) is 2. The predicted molar refractivity (Wildman–Crippen MR) is 150 cm³/mol. The number of carbonyl (C=O) groups is 1. The smallest absolute Gasteiger partial charge is 0.306 e. The maximum atomic E-state index is 15.6. The first kappa shape index (κ1) is 29.2. The molecule has 2 aliphatic rings. The summed E-state index contributed by atoms with van der Waals surface area (Å²) in [5, 5.41) is 0. The largest absolute Gasteiger partial charge is 0.486 e. The van der Waals surface area contributed by atoms with Gasteiger partial charge in [-0.2, -0.15) is 0 Å². The molecule has 0 bridgehead atoms. The molecule has 0 N–H and O–H groups in total. The quantitative estimate of drug-likeness (QED) is 0.181. The lowest BCUT2D eigenvalue weighted by molar-refractivity contribution is -0.141. The Morgan fingerprint density at radius 3 is 2.44 bits per heavy atom. The molecule has 2 fully saturated rings. The van der Waals surface area contributed by atoms with Crippen molar-refractivity contribution < 1.29 is 31.8 Å². The lowest BCUT2D eigenvalue weighted by Gasteiger charge is -2.30. The predicted octanol–water partition coefficient (Wildman–Crippen LogP) is 9.50. The maximum absolute atomic E-state index is 15.6. The van der Waals surface area contributed by atoms with Crippen molar-refractivity contribution in [1.29, 1.82) is 0 Å². The van der Waals surface area contributed by atoms with Crippen LogP contribution in [0.15, 0.2) is 54.6 Å². The molecule has 5 rings (SSSR count). The highest BCUT2D eigenvalue weighted by Crippen LogP contribution is 2.51. The van der Waals surface area contributed by atoms with Crippen molar-refractivity contribution in [1.82, 2.24) is 0 Å². The molecule has 3 aromatic carbocycles. The van der Waals surface area contributed by atoms with Crippen molar-refractivity contribution in [2.45, 2.75) is 77.2 Å². The van der Waals surface area contributed by atoms with Gasteiger partial charge in [-0.25, -0.2) is 17.6 Å². The first-order chi connectivity index (χ1) is 19.6. The van der Waals surface area contributed by atoms with E-state index in [4.69, 9.17) is 9.47 Å². The van der Waals surface area contributed by atoms with Gasteiger partial charge >= 0.3 is 5.97 Å². The summed E-state index contributed by atoms with van der Waals surface area (Å²) in [5.41, 5.74) is 2.59. The van der Waals surface area contributed by atoms with E-state index in [-0.39, 0.29) is 59.0 Å². The molecule has 0 aliphatic heterocycles. The molecule has 2 saturated carbocycles. The Labute approximate surface area is 238 Å². The Morgan fingerprint density at radius 2 is 1.78 bits per heavy atom. The van der Waals surface area contributed by atoms with Crippen LogP contribution in [0.5, 0.6) is 5.75 Å². The Hall–Kier alpha value is -3.35. The fraction of sp³-hybridized carbons (Fsp3) is 0.441. The number of benzene rings is 3. The van der Waals surface area contributed by atoms with E-state index in [2.05, 4.69) is 13.8 Å². The van der Waals surface area contributed by atoms with Gasteiger partial charge in [0.2, 0.25) is 0 Å². The van der Waals surface area contributed by atoms with Gasteiger partial charge in [-0.1, -0.05) is 56.7 Å². The van der Waals surface area contributed by atoms with Crippen LogP contribution in [0.3, 0.4) is 0 Å². The molecule has 0 aromatic heterocycles. The number of rotatable bonds is 10. The number of carbonyl (C=O) groups excluding carboxylic acids is 1. The molecule has 0 radical (unpaired) electrons. The summed E-state index contributed by atoms with van der Waals surface area (Å²) >= 11 is 0. The van der Waals surface area contributed by atoms with Crippen LogP contribution in [0.4, 0.5) is 17.6 Å². The highest BCUT2D eigenvalue weighted by Gasteiger charge is 2.38. The minimum atomic E-state index is -2.70. The van der Waals surface area contributed by atoms with Gasteiger partial charge in [-0.3, -0.25) is 4.79 Å². The fourth-order valence-corrected chi connectivity index (χ4v) is 6.40. The average molecular weight is 569 g/mol. The van der Waals surface area contributed by atoms with Gasteiger partial charge in [0, 0.05) is 17.0 Å². The van der Waals surface area contributed by atoms with E-state index in [1.807, 2.05) is 6.07 Å². The van der Waals surface area contributed by atoms with Gasteiger partial charge in [-0.05, 0) is 83.4 Å². The molecule has 3 nitrogen and oxygen atoms in total. The molecule has 0 amide bonds. The van der Waals surface area contributed by atoms with Gasteiger partial charge in [0.25, 0.3) is 6.43 Å². The van der Waals surface area contributed by atoms with Gasteiger partial charge in [0.15, 0.2) is 11.6 Å². The van der Waals surface area contributed by atoms with Crippen LogP contribution in [0.2, 0.25) is 0 Å². The Kier molecular flexibility index (Phi) is 8.44. The van der Waals surface area contributed by atoms with Crippen molar-refractivity contribution in [2.24, 2.45) is 11.3 Å². The zero-order valence-corrected chi connectivity index (χ0v) is 23.7. The van der Waals surface area contributed by atoms with Gasteiger partial charge in [0.1, 0.15) is 12.4 Å². The number of esters is 1. The van der Waals surface area contributed by atoms with Crippen LogP contribution in [-0.2, 0) is 16.1 Å². The monoisotopic (exact) mass is 568 g/mol. The highest BCUT2D eigenvalue weighted by molar-refractivity contribution is 5.71. The number of hydrogen-bond donors (Lipinski definition) is 0. The van der Waals surface area contributed by atoms with Gasteiger partial charge < -0.3 is 9.47 Å². The SMILES string of the molecule is COC(=O)CC(c1cccc(OCc2ccc(-c3cc(C(F)F)ccc3F)c(C3CCCC3(C)C)c2)c1F)C1CC1. The van der Waals surface area contributed by atoms with Crippen LogP contribution in [0.1, 0.15) is 92.9 Å². The van der Waals surface area contributed by atoms with Crippen LogP contribution in [0, 0.1) is 23.0 Å². The molecule has 0 heterocycles. The average Bonchev–Trinajstić information content (AvgIpc) is 3.73. The third-order valence-corrected chi connectivity index (χ3v) is 8.87. The number of alkyl halides is 2. The number of halogens is 4. The minimum absolute atomic E-state index is 0.0526. The Morgan fingerprint density at radius 1 is 1.00 bits per heavy atom. The minimum Gasteiger partial charge on any atom is -0.486 e. The molecule has 7 heteroatoms. The molecule has 41 heavy (non-hydrogen) atoms. The van der Waals surface area contributed by atoms with E-state index in [9.17, 15) is 13.6 Å². The lowest BCUT2D eigenvalue weighted by Crippen LogP contribution is -2.17. The van der Waals surface area contributed by atoms with Crippen molar-refractivity contribution in [3.63, 3.8) is 0 Å². The Balaban J connectivity index is 1.46. The normalized spacial score (nSPS) is 18.9. The summed E-state index contributed by atoms with van der Waals surface area (Å²) in [6.45, 7) is 4.43. The zero-order chi connectivity index (χ0) is 29.3. The van der Waals surface area contributed by atoms with Crippen molar-refractivity contribution in [2.75, 3.05) is 7.11 Å². The van der Waals surface area contributed by atoms with E-state index in [1.165, 1.54) is 13.2 Å². The molecule has 218 valence electrons. The summed E-state index contributed by atoms with van der Waals surface area (Å²) in [6, 6.07) is 14.0. The summed E-state index contributed by atoms with van der Waals surface area (Å²) < 4.78 is 68.5. The fourth-order valence-electron chi connectivity index (χ4n) is 6.40. The molecule has 0 spiro atoms.